The van der Waals surface area contributed by atoms with E-state index in [9.17, 15) is 14.9 Å². The first kappa shape index (κ1) is 14.3. The van der Waals surface area contributed by atoms with Gasteiger partial charge in [-0.15, -0.1) is 12.4 Å². The molecular weight excluding hydrogens is 234 g/mol. The topological polar surface area (TPSA) is 98.3 Å². The van der Waals surface area contributed by atoms with E-state index in [1.165, 1.54) is 24.3 Å². The summed E-state index contributed by atoms with van der Waals surface area (Å²) in [4.78, 5) is 21.0. The zero-order valence-corrected chi connectivity index (χ0v) is 9.36. The van der Waals surface area contributed by atoms with Gasteiger partial charge >= 0.3 is 0 Å². The minimum absolute atomic E-state index is 0. The molecule has 0 saturated carbocycles. The summed E-state index contributed by atoms with van der Waals surface area (Å²) < 4.78 is 0. The molecule has 0 fully saturated rings. The van der Waals surface area contributed by atoms with Gasteiger partial charge in [0.05, 0.1) is 11.0 Å². The molecule has 1 rings (SSSR count). The molecule has 16 heavy (non-hydrogen) atoms. The number of hydrogen-bond acceptors (Lipinski definition) is 4. The van der Waals surface area contributed by atoms with Crippen molar-refractivity contribution in [3.05, 3.63) is 34.4 Å². The number of rotatable bonds is 3. The lowest BCUT2D eigenvalue weighted by Gasteiger charge is -2.06. The summed E-state index contributed by atoms with van der Waals surface area (Å²) in [5.41, 5.74) is 5.81. The van der Waals surface area contributed by atoms with Crippen LogP contribution in [0.25, 0.3) is 0 Å². The maximum Gasteiger partial charge on any atom is 0.269 e. The van der Waals surface area contributed by atoms with Gasteiger partial charge in [-0.3, -0.25) is 14.9 Å². The van der Waals surface area contributed by atoms with Crippen LogP contribution in [0.1, 0.15) is 6.92 Å². The molecule has 0 spiro atoms. The highest BCUT2D eigenvalue weighted by Gasteiger charge is 2.08. The second kappa shape index (κ2) is 6.04. The van der Waals surface area contributed by atoms with Crippen LogP contribution in [0, 0.1) is 10.1 Å². The number of non-ortho nitro benzene ring substituents is 1. The number of amides is 1. The van der Waals surface area contributed by atoms with Crippen molar-refractivity contribution >= 4 is 29.7 Å². The quantitative estimate of drug-likeness (QED) is 0.619. The summed E-state index contributed by atoms with van der Waals surface area (Å²) in [6.07, 6.45) is 0. The number of nitrogens with two attached hydrogens (primary N) is 1. The van der Waals surface area contributed by atoms with Crippen LogP contribution >= 0.6 is 12.4 Å². The van der Waals surface area contributed by atoms with Gasteiger partial charge in [-0.2, -0.15) is 0 Å². The highest BCUT2D eigenvalue weighted by molar-refractivity contribution is 5.94. The zero-order valence-electron chi connectivity index (χ0n) is 8.54. The average Bonchev–Trinajstić information content (AvgIpc) is 2.18. The van der Waals surface area contributed by atoms with Crippen molar-refractivity contribution in [2.75, 3.05) is 5.32 Å². The number of nitrogens with zero attached hydrogens (tertiary/aromatic N) is 1. The maximum atomic E-state index is 11.2. The van der Waals surface area contributed by atoms with Crippen LogP contribution in [-0.2, 0) is 4.79 Å². The fraction of sp³-hybridized carbons (Fsp3) is 0.222. The van der Waals surface area contributed by atoms with Crippen molar-refractivity contribution in [3.8, 4) is 0 Å². The molecule has 0 aromatic heterocycles. The number of benzene rings is 1. The van der Waals surface area contributed by atoms with Crippen LogP contribution in [0.2, 0.25) is 0 Å². The normalized spacial score (nSPS) is 11.1. The van der Waals surface area contributed by atoms with Crippen molar-refractivity contribution in [3.63, 3.8) is 0 Å². The highest BCUT2D eigenvalue weighted by atomic mass is 35.5. The Labute approximate surface area is 98.4 Å². The Balaban J connectivity index is 0.00000225. The van der Waals surface area contributed by atoms with Gasteiger partial charge in [-0.05, 0) is 19.1 Å². The Kier molecular flexibility index (Phi) is 5.41. The largest absolute Gasteiger partial charge is 0.325 e. The van der Waals surface area contributed by atoms with E-state index in [4.69, 9.17) is 5.73 Å². The Morgan fingerprint density at radius 3 is 2.31 bits per heavy atom. The van der Waals surface area contributed by atoms with Crippen LogP contribution < -0.4 is 11.1 Å². The number of nitro benzene ring substituents is 1. The molecule has 0 saturated heterocycles. The number of carbonyl (C=O) groups excluding carboxylic acids is 1. The summed E-state index contributed by atoms with van der Waals surface area (Å²) in [5.74, 6) is -0.330. The monoisotopic (exact) mass is 245 g/mol. The standard InChI is InChI=1S/C9H11N3O3.ClH/c1-6(10)9(13)11-7-2-4-8(5-3-7)12(14)15;/h2-6H,10H2,1H3,(H,11,13);1H. The lowest BCUT2D eigenvalue weighted by molar-refractivity contribution is -0.384. The fourth-order valence-corrected chi connectivity index (χ4v) is 0.923. The number of halogens is 1. The molecule has 3 N–H and O–H groups in total. The van der Waals surface area contributed by atoms with E-state index < -0.39 is 11.0 Å². The molecule has 0 radical (unpaired) electrons. The van der Waals surface area contributed by atoms with Crippen molar-refractivity contribution in [1.82, 2.24) is 0 Å². The molecule has 7 heteroatoms. The van der Waals surface area contributed by atoms with E-state index in [0.717, 1.165) is 0 Å². The smallest absolute Gasteiger partial charge is 0.269 e. The van der Waals surface area contributed by atoms with Crippen LogP contribution in [0.4, 0.5) is 11.4 Å². The molecule has 1 amide bonds. The Morgan fingerprint density at radius 1 is 1.44 bits per heavy atom. The molecule has 1 aromatic rings. The van der Waals surface area contributed by atoms with Crippen molar-refractivity contribution < 1.29 is 9.72 Å². The molecule has 6 nitrogen and oxygen atoms in total. The van der Waals surface area contributed by atoms with Gasteiger partial charge in [0.15, 0.2) is 0 Å². The Hall–Kier alpha value is -1.66. The van der Waals surface area contributed by atoms with Crippen LogP contribution in [0.15, 0.2) is 24.3 Å². The molecule has 0 aliphatic carbocycles. The molecule has 1 unspecified atom stereocenters. The van der Waals surface area contributed by atoms with Crippen molar-refractivity contribution in [1.29, 1.82) is 0 Å². The maximum absolute atomic E-state index is 11.2. The minimum Gasteiger partial charge on any atom is -0.325 e. The summed E-state index contributed by atoms with van der Waals surface area (Å²) in [7, 11) is 0. The lowest BCUT2D eigenvalue weighted by atomic mass is 10.2. The Bertz CT molecular complexity index is 378. The highest BCUT2D eigenvalue weighted by Crippen LogP contribution is 2.15. The summed E-state index contributed by atoms with van der Waals surface area (Å²) in [5, 5.41) is 12.9. The average molecular weight is 246 g/mol. The van der Waals surface area contributed by atoms with Gasteiger partial charge in [-0.25, -0.2) is 0 Å². The van der Waals surface area contributed by atoms with Gasteiger partial charge in [0.2, 0.25) is 5.91 Å². The number of nitrogens with one attached hydrogen (secondary N) is 1. The third kappa shape index (κ3) is 3.84. The third-order valence-electron chi connectivity index (χ3n) is 1.76. The van der Waals surface area contributed by atoms with E-state index in [-0.39, 0.29) is 24.0 Å². The second-order valence-electron chi connectivity index (χ2n) is 3.08. The molecule has 1 atom stereocenters. The van der Waals surface area contributed by atoms with E-state index in [1.807, 2.05) is 0 Å². The molecule has 0 heterocycles. The van der Waals surface area contributed by atoms with Gasteiger partial charge in [0.25, 0.3) is 5.69 Å². The van der Waals surface area contributed by atoms with Gasteiger partial charge in [0, 0.05) is 17.8 Å². The predicted molar refractivity (Wildman–Crippen MR) is 62.6 cm³/mol. The molecule has 88 valence electrons. The molecular formula is C9H12ClN3O3. The first-order chi connectivity index (χ1) is 7.00. The van der Waals surface area contributed by atoms with Crippen molar-refractivity contribution in [2.24, 2.45) is 5.73 Å². The number of carbonyl (C=O) groups is 1. The number of nitro groups is 1. The third-order valence-corrected chi connectivity index (χ3v) is 1.76. The van der Waals surface area contributed by atoms with Gasteiger partial charge < -0.3 is 11.1 Å². The molecule has 0 aliphatic heterocycles. The zero-order chi connectivity index (χ0) is 11.4. The summed E-state index contributed by atoms with van der Waals surface area (Å²) >= 11 is 0. The van der Waals surface area contributed by atoms with Crippen molar-refractivity contribution in [2.45, 2.75) is 13.0 Å². The molecule has 0 aliphatic rings. The summed E-state index contributed by atoms with van der Waals surface area (Å²) in [6, 6.07) is 4.94. The predicted octanol–water partition coefficient (Wildman–Crippen LogP) is 1.30. The first-order valence-corrected chi connectivity index (χ1v) is 4.31. The Morgan fingerprint density at radius 2 is 1.94 bits per heavy atom. The van der Waals surface area contributed by atoms with E-state index in [1.54, 1.807) is 6.92 Å². The van der Waals surface area contributed by atoms with Gasteiger partial charge in [0.1, 0.15) is 0 Å². The summed E-state index contributed by atoms with van der Waals surface area (Å²) in [6.45, 7) is 1.56. The van der Waals surface area contributed by atoms with Crippen LogP contribution in [0.3, 0.4) is 0 Å². The number of anilines is 1. The van der Waals surface area contributed by atoms with Crippen LogP contribution in [0.5, 0.6) is 0 Å². The fourth-order valence-electron chi connectivity index (χ4n) is 0.923. The van der Waals surface area contributed by atoms with E-state index in [2.05, 4.69) is 5.32 Å². The number of hydrogen-bond donors (Lipinski definition) is 2. The van der Waals surface area contributed by atoms with Crippen LogP contribution in [-0.4, -0.2) is 16.9 Å². The van der Waals surface area contributed by atoms with E-state index in [0.29, 0.717) is 5.69 Å². The second-order valence-corrected chi connectivity index (χ2v) is 3.08. The van der Waals surface area contributed by atoms with E-state index >= 15 is 0 Å². The van der Waals surface area contributed by atoms with Gasteiger partial charge in [-0.1, -0.05) is 0 Å². The first-order valence-electron chi connectivity index (χ1n) is 4.31. The molecule has 1 aromatic carbocycles. The molecule has 0 bridgehead atoms. The SMILES string of the molecule is CC(N)C(=O)Nc1ccc([N+](=O)[O-])cc1.Cl. The minimum atomic E-state index is -0.611. The lowest BCUT2D eigenvalue weighted by Crippen LogP contribution is -2.32.